The summed E-state index contributed by atoms with van der Waals surface area (Å²) < 4.78 is 27.1. The third-order valence-electron chi connectivity index (χ3n) is 4.14. The molecule has 1 aliphatic rings. The van der Waals surface area contributed by atoms with Gasteiger partial charge in [-0.05, 0) is 49.4 Å². The summed E-state index contributed by atoms with van der Waals surface area (Å²) in [6.45, 7) is 3.54. The maximum atomic E-state index is 12.2. The van der Waals surface area contributed by atoms with Crippen LogP contribution in [0.25, 0.3) is 11.3 Å². The van der Waals surface area contributed by atoms with E-state index in [0.717, 1.165) is 5.56 Å². The van der Waals surface area contributed by atoms with E-state index < -0.39 is 5.97 Å². The molecule has 0 unspecified atom stereocenters. The van der Waals surface area contributed by atoms with Crippen LogP contribution in [0.1, 0.15) is 23.0 Å². The second kappa shape index (κ2) is 8.04. The van der Waals surface area contributed by atoms with Gasteiger partial charge in [0.2, 0.25) is 0 Å². The van der Waals surface area contributed by atoms with Crippen LogP contribution in [0, 0.1) is 0 Å². The van der Waals surface area contributed by atoms with Crippen LogP contribution in [0.15, 0.2) is 53.1 Å². The van der Waals surface area contributed by atoms with E-state index in [2.05, 4.69) is 5.16 Å². The van der Waals surface area contributed by atoms with Gasteiger partial charge in [0.15, 0.2) is 17.3 Å². The highest BCUT2D eigenvalue weighted by Crippen LogP contribution is 2.34. The van der Waals surface area contributed by atoms with Crippen LogP contribution in [0.4, 0.5) is 0 Å². The molecule has 0 aliphatic carbocycles. The maximum absolute atomic E-state index is 12.2. The fourth-order valence-electron chi connectivity index (χ4n) is 2.79. The number of hydrogen-bond donors (Lipinski definition) is 0. The van der Waals surface area contributed by atoms with Gasteiger partial charge in [-0.25, -0.2) is 4.79 Å². The lowest BCUT2D eigenvalue weighted by Crippen LogP contribution is -2.15. The van der Waals surface area contributed by atoms with Gasteiger partial charge in [-0.3, -0.25) is 0 Å². The quantitative estimate of drug-likeness (QED) is 0.600. The molecule has 0 saturated heterocycles. The summed E-state index contributed by atoms with van der Waals surface area (Å²) in [5.41, 5.74) is 1.77. The Kier molecular flexibility index (Phi) is 5.14. The van der Waals surface area contributed by atoms with Crippen LogP contribution in [0.2, 0.25) is 0 Å². The van der Waals surface area contributed by atoms with Crippen molar-refractivity contribution in [2.45, 2.75) is 13.5 Å². The Morgan fingerprint density at radius 3 is 2.61 bits per heavy atom. The van der Waals surface area contributed by atoms with Crippen molar-refractivity contribution in [1.82, 2.24) is 5.16 Å². The minimum atomic E-state index is -0.438. The van der Waals surface area contributed by atoms with Crippen LogP contribution >= 0.6 is 0 Å². The summed E-state index contributed by atoms with van der Waals surface area (Å²) in [6.07, 6.45) is 0. The van der Waals surface area contributed by atoms with Crippen molar-refractivity contribution in [3.05, 3.63) is 59.8 Å². The van der Waals surface area contributed by atoms with Gasteiger partial charge in [0.25, 0.3) is 0 Å². The lowest BCUT2D eigenvalue weighted by Gasteiger charge is -2.18. The number of carbonyl (C=O) groups is 1. The predicted molar refractivity (Wildman–Crippen MR) is 99.7 cm³/mol. The van der Waals surface area contributed by atoms with Crippen molar-refractivity contribution in [2.75, 3.05) is 19.8 Å². The number of hydrogen-bond acceptors (Lipinski definition) is 7. The van der Waals surface area contributed by atoms with Crippen molar-refractivity contribution >= 4 is 5.97 Å². The van der Waals surface area contributed by atoms with Crippen LogP contribution in [0.3, 0.4) is 0 Å². The molecule has 2 heterocycles. The van der Waals surface area contributed by atoms with Crippen molar-refractivity contribution in [1.29, 1.82) is 0 Å². The van der Waals surface area contributed by atoms with Crippen LogP contribution in [-0.2, 0) is 11.3 Å². The normalized spacial score (nSPS) is 12.5. The minimum Gasteiger partial charge on any atom is -0.494 e. The number of aromatic nitrogens is 1. The fraction of sp³-hybridized carbons (Fsp3) is 0.238. The number of fused-ring (bicyclic) bond motifs is 1. The van der Waals surface area contributed by atoms with Crippen molar-refractivity contribution in [3.8, 4) is 28.6 Å². The predicted octanol–water partition coefficient (Wildman–Crippen LogP) is 3.87. The second-order valence-corrected chi connectivity index (χ2v) is 6.07. The molecule has 3 aromatic rings. The average molecular weight is 381 g/mol. The Balaban J connectivity index is 1.39. The lowest BCUT2D eigenvalue weighted by atomic mass is 10.1. The summed E-state index contributed by atoms with van der Waals surface area (Å²) in [5.74, 6) is 2.21. The first-order valence-electron chi connectivity index (χ1n) is 8.98. The molecule has 0 amide bonds. The Hall–Kier alpha value is -3.48. The lowest BCUT2D eigenvalue weighted by molar-refractivity contribution is 0.0464. The molecule has 0 bridgehead atoms. The minimum absolute atomic E-state index is 0.0140. The van der Waals surface area contributed by atoms with E-state index in [1.54, 1.807) is 30.3 Å². The molecular formula is C21H19NO6. The number of benzene rings is 2. The zero-order chi connectivity index (χ0) is 19.3. The van der Waals surface area contributed by atoms with Gasteiger partial charge in [-0.2, -0.15) is 0 Å². The van der Waals surface area contributed by atoms with E-state index in [9.17, 15) is 4.79 Å². The molecule has 0 spiro atoms. The molecular weight excluding hydrogens is 362 g/mol. The Labute approximate surface area is 161 Å². The molecule has 144 valence electrons. The van der Waals surface area contributed by atoms with Gasteiger partial charge in [0.1, 0.15) is 31.3 Å². The zero-order valence-corrected chi connectivity index (χ0v) is 15.3. The van der Waals surface area contributed by atoms with Crippen molar-refractivity contribution in [2.24, 2.45) is 0 Å². The molecule has 4 rings (SSSR count). The van der Waals surface area contributed by atoms with Crippen LogP contribution < -0.4 is 14.2 Å². The van der Waals surface area contributed by atoms with Gasteiger partial charge >= 0.3 is 5.97 Å². The fourth-order valence-corrected chi connectivity index (χ4v) is 2.79. The molecule has 7 heteroatoms. The van der Waals surface area contributed by atoms with E-state index in [-0.39, 0.29) is 6.61 Å². The molecule has 0 N–H and O–H groups in total. The first-order valence-corrected chi connectivity index (χ1v) is 8.98. The molecule has 0 fully saturated rings. The first kappa shape index (κ1) is 17.9. The van der Waals surface area contributed by atoms with Gasteiger partial charge < -0.3 is 23.5 Å². The second-order valence-electron chi connectivity index (χ2n) is 6.07. The number of esters is 1. The number of nitrogens with zero attached hydrogens (tertiary/aromatic N) is 1. The summed E-state index contributed by atoms with van der Waals surface area (Å²) in [7, 11) is 0. The van der Waals surface area contributed by atoms with E-state index in [0.29, 0.717) is 54.1 Å². The van der Waals surface area contributed by atoms with Gasteiger partial charge in [0.05, 0.1) is 12.2 Å². The number of carbonyl (C=O) groups excluding carboxylic acids is 1. The van der Waals surface area contributed by atoms with Crippen molar-refractivity contribution < 1.29 is 28.3 Å². The number of ether oxygens (including phenoxy) is 4. The van der Waals surface area contributed by atoms with Crippen LogP contribution in [-0.4, -0.2) is 30.9 Å². The molecule has 0 radical (unpaired) electrons. The van der Waals surface area contributed by atoms with Gasteiger partial charge in [-0.1, -0.05) is 5.16 Å². The Morgan fingerprint density at radius 1 is 1.04 bits per heavy atom. The van der Waals surface area contributed by atoms with E-state index in [1.165, 1.54) is 0 Å². The highest BCUT2D eigenvalue weighted by Gasteiger charge is 2.15. The average Bonchev–Trinajstić information content (AvgIpc) is 3.21. The van der Waals surface area contributed by atoms with Gasteiger partial charge in [0, 0.05) is 11.6 Å². The number of rotatable bonds is 6. The topological polar surface area (TPSA) is 80.0 Å². The molecule has 28 heavy (non-hydrogen) atoms. The Morgan fingerprint density at radius 2 is 1.82 bits per heavy atom. The molecule has 2 aromatic carbocycles. The summed E-state index contributed by atoms with van der Waals surface area (Å²) in [6, 6.07) is 14.1. The Bertz CT molecular complexity index is 963. The smallest absolute Gasteiger partial charge is 0.338 e. The van der Waals surface area contributed by atoms with E-state index in [4.69, 9.17) is 23.5 Å². The highest BCUT2D eigenvalue weighted by molar-refractivity contribution is 5.89. The summed E-state index contributed by atoms with van der Waals surface area (Å²) >= 11 is 0. The molecule has 7 nitrogen and oxygen atoms in total. The van der Waals surface area contributed by atoms with E-state index in [1.807, 2.05) is 25.1 Å². The monoisotopic (exact) mass is 381 g/mol. The maximum Gasteiger partial charge on any atom is 0.338 e. The first-order chi connectivity index (χ1) is 13.7. The third kappa shape index (κ3) is 3.93. The van der Waals surface area contributed by atoms with Crippen molar-refractivity contribution in [3.63, 3.8) is 0 Å². The molecule has 1 aliphatic heterocycles. The molecule has 0 saturated carbocycles. The third-order valence-corrected chi connectivity index (χ3v) is 4.14. The summed E-state index contributed by atoms with van der Waals surface area (Å²) in [4.78, 5) is 12.2. The van der Waals surface area contributed by atoms with Crippen LogP contribution in [0.5, 0.6) is 17.2 Å². The SMILES string of the molecule is CCOc1ccc(C(=O)OCc2cc(-c3ccc4c(c3)OCCO4)on2)cc1. The molecule has 0 atom stereocenters. The molecule has 1 aromatic heterocycles. The zero-order valence-electron chi connectivity index (χ0n) is 15.3. The van der Waals surface area contributed by atoms with Gasteiger partial charge in [-0.15, -0.1) is 0 Å². The van der Waals surface area contributed by atoms with E-state index >= 15 is 0 Å². The largest absolute Gasteiger partial charge is 0.494 e. The summed E-state index contributed by atoms with van der Waals surface area (Å²) in [5, 5.41) is 3.96. The highest BCUT2D eigenvalue weighted by atomic mass is 16.6. The standard InChI is InChI=1S/C21H19NO6/c1-2-24-17-6-3-14(4-7-17)21(23)27-13-16-12-19(28-22-16)15-5-8-18-20(11-15)26-10-9-25-18/h3-8,11-12H,2,9-10,13H2,1H3.